The summed E-state index contributed by atoms with van der Waals surface area (Å²) in [5.41, 5.74) is 0.466. The van der Waals surface area contributed by atoms with Gasteiger partial charge < -0.3 is 9.64 Å². The third-order valence-electron chi connectivity index (χ3n) is 2.47. The summed E-state index contributed by atoms with van der Waals surface area (Å²) in [6.45, 7) is 2.36. The van der Waals surface area contributed by atoms with Gasteiger partial charge in [0.2, 0.25) is 5.91 Å². The zero-order valence-electron chi connectivity index (χ0n) is 9.28. The van der Waals surface area contributed by atoms with Gasteiger partial charge in [0.25, 0.3) is 0 Å². The number of rotatable bonds is 2. The van der Waals surface area contributed by atoms with Crippen LogP contribution in [0.5, 0.6) is 0 Å². The Labute approximate surface area is 89.9 Å². The highest BCUT2D eigenvalue weighted by atomic mass is 16.5. The number of carbonyl (C=O) groups is 2. The lowest BCUT2D eigenvalue weighted by Crippen LogP contribution is -2.25. The average Bonchev–Trinajstić information content (AvgIpc) is 2.43. The molecule has 0 bridgehead atoms. The quantitative estimate of drug-likeness (QED) is 0.513. The molecule has 0 aliphatic carbocycles. The van der Waals surface area contributed by atoms with Gasteiger partial charge in [0.05, 0.1) is 12.7 Å². The Morgan fingerprint density at radius 3 is 2.80 bits per heavy atom. The first kappa shape index (κ1) is 11.8. The molecular weight excluding hydrogens is 194 g/mol. The summed E-state index contributed by atoms with van der Waals surface area (Å²) in [6.07, 6.45) is 5.19. The molecule has 0 aromatic carbocycles. The van der Waals surface area contributed by atoms with Gasteiger partial charge in [0, 0.05) is 19.2 Å². The van der Waals surface area contributed by atoms with E-state index in [4.69, 9.17) is 0 Å². The van der Waals surface area contributed by atoms with E-state index in [-0.39, 0.29) is 11.9 Å². The molecule has 1 amide bonds. The van der Waals surface area contributed by atoms with Gasteiger partial charge in [-0.2, -0.15) is 0 Å². The Kier molecular flexibility index (Phi) is 4.34. The summed E-state index contributed by atoms with van der Waals surface area (Å²) in [5.74, 6) is -0.289. The summed E-state index contributed by atoms with van der Waals surface area (Å²) < 4.78 is 4.57. The van der Waals surface area contributed by atoms with Crippen LogP contribution < -0.4 is 0 Å². The number of hydrogen-bond donors (Lipinski definition) is 0. The average molecular weight is 211 g/mol. The van der Waals surface area contributed by atoms with Crippen LogP contribution in [0.1, 0.15) is 32.6 Å². The van der Waals surface area contributed by atoms with Crippen molar-refractivity contribution in [1.82, 2.24) is 4.90 Å². The molecule has 15 heavy (non-hydrogen) atoms. The molecule has 1 heterocycles. The van der Waals surface area contributed by atoms with Gasteiger partial charge in [-0.25, -0.2) is 4.79 Å². The minimum atomic E-state index is -0.382. The van der Waals surface area contributed by atoms with Crippen molar-refractivity contribution < 1.29 is 14.3 Å². The lowest BCUT2D eigenvalue weighted by molar-refractivity contribution is -0.136. The van der Waals surface area contributed by atoms with Gasteiger partial charge in [0.1, 0.15) is 0 Å². The highest BCUT2D eigenvalue weighted by Crippen LogP contribution is 2.12. The molecule has 1 aliphatic heterocycles. The first-order chi connectivity index (χ1) is 7.15. The van der Waals surface area contributed by atoms with Crippen molar-refractivity contribution in [3.8, 4) is 0 Å². The summed E-state index contributed by atoms with van der Waals surface area (Å²) >= 11 is 0. The van der Waals surface area contributed by atoms with Gasteiger partial charge in [0.15, 0.2) is 0 Å². The standard InChI is InChI=1S/C11H17NO3/c1-9(11(14)15-2)8-12-7-5-3-4-6-10(12)13/h8H,3-7H2,1-2H3. The van der Waals surface area contributed by atoms with Crippen molar-refractivity contribution >= 4 is 11.9 Å². The molecular formula is C11H17NO3. The fraction of sp³-hybridized carbons (Fsp3) is 0.636. The van der Waals surface area contributed by atoms with Crippen molar-refractivity contribution in [2.75, 3.05) is 13.7 Å². The number of carbonyl (C=O) groups excluding carboxylic acids is 2. The van der Waals surface area contributed by atoms with E-state index in [1.807, 2.05) is 0 Å². The zero-order valence-corrected chi connectivity index (χ0v) is 9.28. The van der Waals surface area contributed by atoms with E-state index in [2.05, 4.69) is 4.74 Å². The van der Waals surface area contributed by atoms with Gasteiger partial charge in [-0.05, 0) is 19.8 Å². The molecule has 0 spiro atoms. The maximum atomic E-state index is 11.6. The second kappa shape index (κ2) is 5.53. The van der Waals surface area contributed by atoms with E-state index < -0.39 is 0 Å². The molecule has 1 fully saturated rings. The zero-order chi connectivity index (χ0) is 11.3. The minimum Gasteiger partial charge on any atom is -0.466 e. The molecule has 0 aromatic rings. The van der Waals surface area contributed by atoms with Crippen LogP contribution in [0.3, 0.4) is 0 Å². The lowest BCUT2D eigenvalue weighted by atomic mass is 10.2. The molecule has 0 saturated carbocycles. The third-order valence-corrected chi connectivity index (χ3v) is 2.47. The lowest BCUT2D eigenvalue weighted by Gasteiger charge is -2.16. The second-order valence-corrected chi connectivity index (χ2v) is 3.70. The van der Waals surface area contributed by atoms with E-state index in [0.717, 1.165) is 19.3 Å². The first-order valence-corrected chi connectivity index (χ1v) is 5.21. The number of hydrogen-bond acceptors (Lipinski definition) is 3. The Balaban J connectivity index is 2.68. The molecule has 4 heteroatoms. The van der Waals surface area contributed by atoms with Crippen molar-refractivity contribution in [3.05, 3.63) is 11.8 Å². The highest BCUT2D eigenvalue weighted by molar-refractivity contribution is 5.88. The molecule has 1 saturated heterocycles. The van der Waals surface area contributed by atoms with Crippen molar-refractivity contribution in [2.45, 2.75) is 32.6 Å². The predicted molar refractivity (Wildman–Crippen MR) is 56.0 cm³/mol. The fourth-order valence-corrected chi connectivity index (χ4v) is 1.59. The molecule has 84 valence electrons. The van der Waals surface area contributed by atoms with Crippen LogP contribution in [0.25, 0.3) is 0 Å². The van der Waals surface area contributed by atoms with E-state index in [9.17, 15) is 9.59 Å². The Hall–Kier alpha value is -1.32. The Morgan fingerprint density at radius 1 is 1.40 bits per heavy atom. The summed E-state index contributed by atoms with van der Waals surface area (Å²) in [7, 11) is 1.34. The fourth-order valence-electron chi connectivity index (χ4n) is 1.59. The van der Waals surface area contributed by atoms with Crippen LogP contribution in [0, 0.1) is 0 Å². The molecule has 0 N–H and O–H groups in total. The topological polar surface area (TPSA) is 46.6 Å². The molecule has 0 aromatic heterocycles. The number of ether oxygens (including phenoxy) is 1. The Morgan fingerprint density at radius 2 is 2.13 bits per heavy atom. The van der Waals surface area contributed by atoms with Crippen LogP contribution in [-0.2, 0) is 14.3 Å². The van der Waals surface area contributed by atoms with Gasteiger partial charge in [-0.3, -0.25) is 4.79 Å². The van der Waals surface area contributed by atoms with E-state index in [1.165, 1.54) is 7.11 Å². The Bertz CT molecular complexity index is 284. The van der Waals surface area contributed by atoms with Crippen LogP contribution in [0.2, 0.25) is 0 Å². The molecule has 1 aliphatic rings. The number of amides is 1. The van der Waals surface area contributed by atoms with Crippen LogP contribution in [-0.4, -0.2) is 30.4 Å². The van der Waals surface area contributed by atoms with Crippen LogP contribution >= 0.6 is 0 Å². The molecule has 0 unspecified atom stereocenters. The van der Waals surface area contributed by atoms with Gasteiger partial charge in [-0.15, -0.1) is 0 Å². The predicted octanol–water partition coefficient (Wildman–Crippen LogP) is 1.47. The van der Waals surface area contributed by atoms with Crippen molar-refractivity contribution in [1.29, 1.82) is 0 Å². The third kappa shape index (κ3) is 3.38. The maximum absolute atomic E-state index is 11.6. The van der Waals surface area contributed by atoms with E-state index in [1.54, 1.807) is 18.0 Å². The number of likely N-dealkylation sites (tertiary alicyclic amines) is 1. The van der Waals surface area contributed by atoms with Crippen molar-refractivity contribution in [2.24, 2.45) is 0 Å². The minimum absolute atomic E-state index is 0.0933. The van der Waals surface area contributed by atoms with Gasteiger partial charge in [-0.1, -0.05) is 6.42 Å². The second-order valence-electron chi connectivity index (χ2n) is 3.70. The van der Waals surface area contributed by atoms with Crippen LogP contribution in [0.15, 0.2) is 11.8 Å². The summed E-state index contributed by atoms with van der Waals surface area (Å²) in [4.78, 5) is 24.4. The highest BCUT2D eigenvalue weighted by Gasteiger charge is 2.16. The monoisotopic (exact) mass is 211 g/mol. The summed E-state index contributed by atoms with van der Waals surface area (Å²) in [5, 5.41) is 0. The van der Waals surface area contributed by atoms with E-state index in [0.29, 0.717) is 18.5 Å². The largest absolute Gasteiger partial charge is 0.466 e. The van der Waals surface area contributed by atoms with Crippen molar-refractivity contribution in [3.63, 3.8) is 0 Å². The normalized spacial score (nSPS) is 18.7. The van der Waals surface area contributed by atoms with Crippen LogP contribution in [0.4, 0.5) is 0 Å². The first-order valence-electron chi connectivity index (χ1n) is 5.21. The molecule has 0 radical (unpaired) electrons. The SMILES string of the molecule is COC(=O)C(C)=CN1CCCCCC1=O. The number of nitrogens with zero attached hydrogens (tertiary/aromatic N) is 1. The molecule has 0 atom stereocenters. The molecule has 4 nitrogen and oxygen atoms in total. The number of esters is 1. The number of methoxy groups -OCH3 is 1. The van der Waals surface area contributed by atoms with Gasteiger partial charge >= 0.3 is 5.97 Å². The molecule has 1 rings (SSSR count). The van der Waals surface area contributed by atoms with E-state index >= 15 is 0 Å². The smallest absolute Gasteiger partial charge is 0.334 e. The summed E-state index contributed by atoms with van der Waals surface area (Å²) in [6, 6.07) is 0. The maximum Gasteiger partial charge on any atom is 0.334 e.